The lowest BCUT2D eigenvalue weighted by molar-refractivity contribution is 0.602. The second-order valence-electron chi connectivity index (χ2n) is 4.40. The van der Waals surface area contributed by atoms with Crippen LogP contribution in [-0.4, -0.2) is 12.6 Å². The van der Waals surface area contributed by atoms with Gasteiger partial charge in [0.15, 0.2) is 0 Å². The molecule has 3 heteroatoms. The summed E-state index contributed by atoms with van der Waals surface area (Å²) in [4.78, 5) is 0. The highest BCUT2D eigenvalue weighted by Crippen LogP contribution is 2.26. The molecule has 0 saturated carbocycles. The van der Waals surface area contributed by atoms with Gasteiger partial charge in [-0.05, 0) is 43.5 Å². The number of halogens is 1. The van der Waals surface area contributed by atoms with Crippen molar-refractivity contribution in [3.8, 4) is 0 Å². The van der Waals surface area contributed by atoms with Crippen LogP contribution in [0.1, 0.15) is 18.4 Å². The van der Waals surface area contributed by atoms with Crippen molar-refractivity contribution >= 4 is 22.6 Å². The van der Waals surface area contributed by atoms with E-state index in [-0.39, 0.29) is 0 Å². The lowest BCUT2D eigenvalue weighted by Crippen LogP contribution is -2.23. The van der Waals surface area contributed by atoms with Crippen LogP contribution in [0.5, 0.6) is 0 Å². The van der Waals surface area contributed by atoms with Crippen molar-refractivity contribution in [3.63, 3.8) is 0 Å². The van der Waals surface area contributed by atoms with E-state index < -0.39 is 0 Å². The minimum absolute atomic E-state index is 0.585. The van der Waals surface area contributed by atoms with Crippen molar-refractivity contribution in [2.24, 2.45) is 0 Å². The Kier molecular flexibility index (Phi) is 2.62. The van der Waals surface area contributed by atoms with Crippen molar-refractivity contribution in [3.05, 3.63) is 35.0 Å². The van der Waals surface area contributed by atoms with Crippen LogP contribution in [0.25, 0.3) is 11.0 Å². The maximum Gasteiger partial charge on any atom is 0.135 e. The van der Waals surface area contributed by atoms with Crippen LogP contribution in [0.2, 0.25) is 5.02 Å². The summed E-state index contributed by atoms with van der Waals surface area (Å²) < 4.78 is 5.32. The van der Waals surface area contributed by atoms with Gasteiger partial charge in [0.2, 0.25) is 0 Å². The number of hydrogen-bond acceptors (Lipinski definition) is 2. The Hall–Kier alpha value is -0.990. The minimum Gasteiger partial charge on any atom is -0.464 e. The van der Waals surface area contributed by atoms with Gasteiger partial charge in [0, 0.05) is 22.5 Å². The first-order valence-corrected chi connectivity index (χ1v) is 6.10. The lowest BCUT2D eigenvalue weighted by atomic mass is 10.0. The van der Waals surface area contributed by atoms with Crippen molar-refractivity contribution < 1.29 is 4.42 Å². The van der Waals surface area contributed by atoms with Crippen molar-refractivity contribution in [1.82, 2.24) is 5.32 Å². The largest absolute Gasteiger partial charge is 0.464 e. The molecule has 0 aliphatic carbocycles. The summed E-state index contributed by atoms with van der Waals surface area (Å²) in [6, 6.07) is 6.63. The third kappa shape index (κ3) is 1.83. The Morgan fingerprint density at radius 3 is 3.19 bits per heavy atom. The standard InChI is InChI=1S/C13H14ClNO/c14-12-8-13-9(3-5-16-13)6-10(12)7-11-2-1-4-15-11/h3,5-6,8,11,15H,1-2,4,7H2. The molecule has 2 aromatic rings. The monoisotopic (exact) mass is 235 g/mol. The second kappa shape index (κ2) is 4.11. The first-order valence-electron chi connectivity index (χ1n) is 5.72. The molecule has 0 spiro atoms. The van der Waals surface area contributed by atoms with Crippen LogP contribution < -0.4 is 5.32 Å². The summed E-state index contributed by atoms with van der Waals surface area (Å²) in [5.74, 6) is 0. The summed E-state index contributed by atoms with van der Waals surface area (Å²) in [6.07, 6.45) is 5.24. The van der Waals surface area contributed by atoms with Crippen molar-refractivity contribution in [2.45, 2.75) is 25.3 Å². The topological polar surface area (TPSA) is 25.2 Å². The van der Waals surface area contributed by atoms with E-state index in [2.05, 4.69) is 11.4 Å². The van der Waals surface area contributed by atoms with E-state index in [1.807, 2.05) is 12.1 Å². The van der Waals surface area contributed by atoms with Crippen LogP contribution >= 0.6 is 11.6 Å². The van der Waals surface area contributed by atoms with Gasteiger partial charge in [-0.1, -0.05) is 11.6 Å². The van der Waals surface area contributed by atoms with Gasteiger partial charge in [0.1, 0.15) is 5.58 Å². The lowest BCUT2D eigenvalue weighted by Gasteiger charge is -2.11. The number of nitrogens with one attached hydrogen (secondary N) is 1. The number of rotatable bonds is 2. The molecule has 0 bridgehead atoms. The molecule has 1 aliphatic heterocycles. The van der Waals surface area contributed by atoms with Crippen LogP contribution in [0.15, 0.2) is 28.9 Å². The van der Waals surface area contributed by atoms with Crippen LogP contribution in [0, 0.1) is 0 Å². The molecule has 1 fully saturated rings. The Balaban J connectivity index is 1.92. The van der Waals surface area contributed by atoms with Gasteiger partial charge < -0.3 is 9.73 Å². The third-order valence-corrected chi connectivity index (χ3v) is 3.60. The summed E-state index contributed by atoms with van der Waals surface area (Å²) in [5.41, 5.74) is 2.09. The first-order chi connectivity index (χ1) is 7.83. The number of furan rings is 1. The predicted octanol–water partition coefficient (Wildman–Crippen LogP) is 3.38. The van der Waals surface area contributed by atoms with E-state index in [1.54, 1.807) is 6.26 Å². The van der Waals surface area contributed by atoms with E-state index in [9.17, 15) is 0 Å². The fraction of sp³-hybridized carbons (Fsp3) is 0.385. The molecule has 1 atom stereocenters. The average molecular weight is 236 g/mol. The number of benzene rings is 1. The van der Waals surface area contributed by atoms with Crippen LogP contribution in [-0.2, 0) is 6.42 Å². The highest BCUT2D eigenvalue weighted by atomic mass is 35.5. The Labute approximate surface area is 99.6 Å². The van der Waals surface area contributed by atoms with Crippen molar-refractivity contribution in [1.29, 1.82) is 0 Å². The molecule has 1 unspecified atom stereocenters. The van der Waals surface area contributed by atoms with Gasteiger partial charge in [0.05, 0.1) is 6.26 Å². The van der Waals surface area contributed by atoms with Gasteiger partial charge in [-0.25, -0.2) is 0 Å². The van der Waals surface area contributed by atoms with E-state index in [4.69, 9.17) is 16.0 Å². The van der Waals surface area contributed by atoms with E-state index in [0.717, 1.165) is 29.0 Å². The summed E-state index contributed by atoms with van der Waals surface area (Å²) >= 11 is 6.25. The zero-order chi connectivity index (χ0) is 11.0. The summed E-state index contributed by atoms with van der Waals surface area (Å²) in [6.45, 7) is 1.14. The molecule has 3 rings (SSSR count). The molecule has 1 aliphatic rings. The van der Waals surface area contributed by atoms with E-state index in [0.29, 0.717) is 6.04 Å². The maximum absolute atomic E-state index is 6.25. The molecule has 1 N–H and O–H groups in total. The molecule has 0 radical (unpaired) electrons. The van der Waals surface area contributed by atoms with Gasteiger partial charge in [-0.2, -0.15) is 0 Å². The normalized spacial score (nSPS) is 20.7. The Morgan fingerprint density at radius 1 is 1.44 bits per heavy atom. The van der Waals surface area contributed by atoms with Gasteiger partial charge in [-0.15, -0.1) is 0 Å². The van der Waals surface area contributed by atoms with E-state index >= 15 is 0 Å². The smallest absolute Gasteiger partial charge is 0.135 e. The molecule has 1 saturated heterocycles. The fourth-order valence-corrected chi connectivity index (χ4v) is 2.62. The highest BCUT2D eigenvalue weighted by Gasteiger charge is 2.16. The number of hydrogen-bond donors (Lipinski definition) is 1. The molecule has 2 nitrogen and oxygen atoms in total. The van der Waals surface area contributed by atoms with Gasteiger partial charge >= 0.3 is 0 Å². The third-order valence-electron chi connectivity index (χ3n) is 3.25. The molecule has 1 aromatic carbocycles. The van der Waals surface area contributed by atoms with Crippen molar-refractivity contribution in [2.75, 3.05) is 6.54 Å². The zero-order valence-corrected chi connectivity index (χ0v) is 9.76. The molecule has 2 heterocycles. The molecular weight excluding hydrogens is 222 g/mol. The zero-order valence-electron chi connectivity index (χ0n) is 9.00. The molecule has 0 amide bonds. The highest BCUT2D eigenvalue weighted by molar-refractivity contribution is 6.32. The second-order valence-corrected chi connectivity index (χ2v) is 4.81. The van der Waals surface area contributed by atoms with Gasteiger partial charge in [-0.3, -0.25) is 0 Å². The summed E-state index contributed by atoms with van der Waals surface area (Å²) in [5, 5.41) is 5.44. The molecule has 84 valence electrons. The maximum atomic E-state index is 6.25. The predicted molar refractivity (Wildman–Crippen MR) is 66.0 cm³/mol. The minimum atomic E-state index is 0.585. The van der Waals surface area contributed by atoms with Crippen LogP contribution in [0.3, 0.4) is 0 Å². The average Bonchev–Trinajstić information content (AvgIpc) is 2.89. The quantitative estimate of drug-likeness (QED) is 0.863. The molecule has 16 heavy (non-hydrogen) atoms. The Morgan fingerprint density at radius 2 is 2.38 bits per heavy atom. The Bertz CT molecular complexity index is 500. The van der Waals surface area contributed by atoms with Gasteiger partial charge in [0.25, 0.3) is 0 Å². The fourth-order valence-electron chi connectivity index (χ4n) is 2.38. The van der Waals surface area contributed by atoms with E-state index in [1.165, 1.54) is 18.4 Å². The summed E-state index contributed by atoms with van der Waals surface area (Å²) in [7, 11) is 0. The SMILES string of the molecule is Clc1cc2occc2cc1CC1CCCN1. The first kappa shape index (κ1) is 10.2. The molecule has 1 aromatic heterocycles. The molecular formula is C13H14ClNO. The number of fused-ring (bicyclic) bond motifs is 1. The van der Waals surface area contributed by atoms with Crippen LogP contribution in [0.4, 0.5) is 0 Å².